The van der Waals surface area contributed by atoms with Crippen LogP contribution in [0.4, 0.5) is 5.69 Å². The van der Waals surface area contributed by atoms with Gasteiger partial charge in [0.15, 0.2) is 11.2 Å². The quantitative estimate of drug-likeness (QED) is 0.329. The number of benzene rings is 1. The van der Waals surface area contributed by atoms with E-state index < -0.39 is 0 Å². The van der Waals surface area contributed by atoms with E-state index in [0.29, 0.717) is 35.8 Å². The molecule has 7 heteroatoms. The SMILES string of the molecule is [N-]=[N+]=Nc1c2occc2c(OCCCN)c2ccoc12. The second-order valence-corrected chi connectivity index (χ2v) is 4.18. The van der Waals surface area contributed by atoms with E-state index in [0.717, 1.165) is 17.2 Å². The molecule has 0 spiro atoms. The topological polar surface area (TPSA) is 110 Å². The molecule has 1 aromatic carbocycles. The van der Waals surface area contributed by atoms with Crippen molar-refractivity contribution in [3.8, 4) is 5.75 Å². The number of fused-ring (bicyclic) bond motifs is 2. The zero-order valence-electron chi connectivity index (χ0n) is 10.6. The van der Waals surface area contributed by atoms with Gasteiger partial charge in [0.1, 0.15) is 11.4 Å². The van der Waals surface area contributed by atoms with Gasteiger partial charge in [0.2, 0.25) is 0 Å². The maximum absolute atomic E-state index is 8.69. The number of rotatable bonds is 5. The number of ether oxygens (including phenoxy) is 1. The Hall–Kier alpha value is -2.63. The molecule has 3 aromatic rings. The first-order valence-electron chi connectivity index (χ1n) is 6.15. The van der Waals surface area contributed by atoms with E-state index in [2.05, 4.69) is 10.0 Å². The molecule has 0 fully saturated rings. The Morgan fingerprint density at radius 3 is 2.40 bits per heavy atom. The predicted octanol–water partition coefficient (Wildman–Crippen LogP) is 3.85. The van der Waals surface area contributed by atoms with Crippen LogP contribution >= 0.6 is 0 Å². The van der Waals surface area contributed by atoms with E-state index >= 15 is 0 Å². The second kappa shape index (κ2) is 5.16. The molecule has 0 amide bonds. The molecule has 7 nitrogen and oxygen atoms in total. The van der Waals surface area contributed by atoms with Crippen molar-refractivity contribution < 1.29 is 13.6 Å². The summed E-state index contributed by atoms with van der Waals surface area (Å²) < 4.78 is 16.6. The Bertz CT molecular complexity index is 747. The van der Waals surface area contributed by atoms with Crippen molar-refractivity contribution in [2.24, 2.45) is 10.8 Å². The van der Waals surface area contributed by atoms with Gasteiger partial charge in [0, 0.05) is 4.91 Å². The molecule has 0 radical (unpaired) electrons. The molecule has 0 aliphatic rings. The van der Waals surface area contributed by atoms with Crippen LogP contribution in [-0.4, -0.2) is 13.2 Å². The average molecular weight is 272 g/mol. The lowest BCUT2D eigenvalue weighted by molar-refractivity contribution is 0.320. The molecule has 102 valence electrons. The maximum atomic E-state index is 8.69. The molecule has 0 atom stereocenters. The number of hydrogen-bond donors (Lipinski definition) is 1. The van der Waals surface area contributed by atoms with Crippen LogP contribution in [0.2, 0.25) is 0 Å². The van der Waals surface area contributed by atoms with E-state index in [1.54, 1.807) is 12.1 Å². The molecular weight excluding hydrogens is 260 g/mol. The number of furan rings is 2. The maximum Gasteiger partial charge on any atom is 0.151 e. The Morgan fingerprint density at radius 2 is 1.85 bits per heavy atom. The smallest absolute Gasteiger partial charge is 0.151 e. The molecule has 0 aliphatic heterocycles. The number of nitrogens with two attached hydrogens (primary N) is 1. The highest BCUT2D eigenvalue weighted by Crippen LogP contribution is 2.43. The van der Waals surface area contributed by atoms with E-state index in [1.165, 1.54) is 12.5 Å². The van der Waals surface area contributed by atoms with Gasteiger partial charge >= 0.3 is 0 Å². The Kier molecular flexibility index (Phi) is 3.20. The summed E-state index contributed by atoms with van der Waals surface area (Å²) in [6.07, 6.45) is 3.79. The van der Waals surface area contributed by atoms with Crippen LogP contribution in [-0.2, 0) is 0 Å². The first-order chi connectivity index (χ1) is 9.86. The summed E-state index contributed by atoms with van der Waals surface area (Å²) in [7, 11) is 0. The lowest BCUT2D eigenvalue weighted by Gasteiger charge is -2.09. The minimum atomic E-state index is 0.332. The molecule has 0 saturated carbocycles. The van der Waals surface area contributed by atoms with E-state index in [1.807, 2.05) is 0 Å². The molecule has 0 bridgehead atoms. The van der Waals surface area contributed by atoms with Crippen LogP contribution in [0.25, 0.3) is 32.4 Å². The summed E-state index contributed by atoms with van der Waals surface area (Å²) in [5.74, 6) is 0.655. The van der Waals surface area contributed by atoms with Crippen LogP contribution in [0.3, 0.4) is 0 Å². The van der Waals surface area contributed by atoms with Crippen molar-refractivity contribution in [1.29, 1.82) is 0 Å². The molecule has 20 heavy (non-hydrogen) atoms. The van der Waals surface area contributed by atoms with Gasteiger partial charge in [-0.1, -0.05) is 5.11 Å². The predicted molar refractivity (Wildman–Crippen MR) is 74.0 cm³/mol. The van der Waals surface area contributed by atoms with Crippen molar-refractivity contribution in [2.45, 2.75) is 6.42 Å². The van der Waals surface area contributed by atoms with E-state index in [9.17, 15) is 0 Å². The Balaban J connectivity index is 2.26. The highest BCUT2D eigenvalue weighted by molar-refractivity contribution is 6.10. The van der Waals surface area contributed by atoms with Crippen LogP contribution in [0, 0.1) is 0 Å². The van der Waals surface area contributed by atoms with Crippen LogP contribution in [0.1, 0.15) is 6.42 Å². The average Bonchev–Trinajstić information content (AvgIpc) is 3.10. The summed E-state index contributed by atoms with van der Waals surface area (Å²) in [4.78, 5) is 2.82. The number of nitrogens with zero attached hydrogens (tertiary/aromatic N) is 3. The van der Waals surface area contributed by atoms with Gasteiger partial charge in [-0.25, -0.2) is 0 Å². The Morgan fingerprint density at radius 1 is 1.20 bits per heavy atom. The van der Waals surface area contributed by atoms with E-state index in [-0.39, 0.29) is 0 Å². The van der Waals surface area contributed by atoms with Gasteiger partial charge < -0.3 is 19.3 Å². The third kappa shape index (κ3) is 1.85. The van der Waals surface area contributed by atoms with Crippen molar-refractivity contribution >= 4 is 27.6 Å². The third-order valence-electron chi connectivity index (χ3n) is 2.99. The van der Waals surface area contributed by atoms with Crippen LogP contribution < -0.4 is 10.5 Å². The summed E-state index contributed by atoms with van der Waals surface area (Å²) in [6.45, 7) is 1.05. The zero-order chi connectivity index (χ0) is 13.9. The largest absolute Gasteiger partial charge is 0.492 e. The molecule has 3 rings (SSSR count). The summed E-state index contributed by atoms with van der Waals surface area (Å²) in [6, 6.07) is 3.55. The zero-order valence-corrected chi connectivity index (χ0v) is 10.6. The van der Waals surface area contributed by atoms with Crippen LogP contribution in [0.5, 0.6) is 5.75 Å². The third-order valence-corrected chi connectivity index (χ3v) is 2.99. The molecule has 2 heterocycles. The van der Waals surface area contributed by atoms with Gasteiger partial charge in [-0.15, -0.1) is 0 Å². The van der Waals surface area contributed by atoms with Gasteiger partial charge in [0.05, 0.1) is 29.9 Å². The Labute approximate surface area is 113 Å². The van der Waals surface area contributed by atoms with Gasteiger partial charge in [-0.2, -0.15) is 0 Å². The highest BCUT2D eigenvalue weighted by Gasteiger charge is 2.18. The lowest BCUT2D eigenvalue weighted by atomic mass is 10.1. The lowest BCUT2D eigenvalue weighted by Crippen LogP contribution is -2.06. The van der Waals surface area contributed by atoms with Gasteiger partial charge in [-0.05, 0) is 30.6 Å². The molecular formula is C13H12N4O3. The molecule has 0 unspecified atom stereocenters. The van der Waals surface area contributed by atoms with Crippen molar-refractivity contribution in [1.82, 2.24) is 0 Å². The normalized spacial score (nSPS) is 10.8. The molecule has 0 saturated heterocycles. The molecule has 2 aromatic heterocycles. The summed E-state index contributed by atoms with van der Waals surface area (Å²) in [5.41, 5.74) is 15.4. The second-order valence-electron chi connectivity index (χ2n) is 4.18. The van der Waals surface area contributed by atoms with Gasteiger partial charge in [-0.3, -0.25) is 0 Å². The molecule has 2 N–H and O–H groups in total. The minimum Gasteiger partial charge on any atom is -0.492 e. The van der Waals surface area contributed by atoms with Crippen LogP contribution in [0.15, 0.2) is 38.6 Å². The summed E-state index contributed by atoms with van der Waals surface area (Å²) in [5, 5.41) is 5.16. The van der Waals surface area contributed by atoms with Crippen molar-refractivity contribution in [2.75, 3.05) is 13.2 Å². The standard InChI is InChI=1S/C13H12N4O3/c14-4-1-5-18-11-8-2-6-19-12(8)10(16-17-15)13-9(11)3-7-20-13/h2-3,6-7H,1,4-5,14H2. The first-order valence-corrected chi connectivity index (χ1v) is 6.15. The summed E-state index contributed by atoms with van der Waals surface area (Å²) >= 11 is 0. The van der Waals surface area contributed by atoms with Crippen molar-refractivity contribution in [3.63, 3.8) is 0 Å². The fourth-order valence-corrected chi connectivity index (χ4v) is 2.14. The fraction of sp³-hybridized carbons (Fsp3) is 0.231. The highest BCUT2D eigenvalue weighted by atomic mass is 16.5. The van der Waals surface area contributed by atoms with Gasteiger partial charge in [0.25, 0.3) is 0 Å². The van der Waals surface area contributed by atoms with E-state index in [4.69, 9.17) is 24.8 Å². The van der Waals surface area contributed by atoms with Crippen molar-refractivity contribution in [3.05, 3.63) is 35.1 Å². The number of azide groups is 1. The minimum absolute atomic E-state index is 0.332. The molecule has 0 aliphatic carbocycles. The fourth-order valence-electron chi connectivity index (χ4n) is 2.14. The number of hydrogen-bond acceptors (Lipinski definition) is 5. The first kappa shape index (κ1) is 12.4. The monoisotopic (exact) mass is 272 g/mol.